The summed E-state index contributed by atoms with van der Waals surface area (Å²) in [5.41, 5.74) is 1.02. The van der Waals surface area contributed by atoms with Crippen molar-refractivity contribution in [3.63, 3.8) is 0 Å². The summed E-state index contributed by atoms with van der Waals surface area (Å²) < 4.78 is 16.0. The second-order valence-electron chi connectivity index (χ2n) is 4.87. The van der Waals surface area contributed by atoms with E-state index < -0.39 is 0 Å². The highest BCUT2D eigenvalue weighted by Gasteiger charge is 2.28. The number of rotatable bonds is 3. The minimum Gasteiger partial charge on any atom is -0.462 e. The molecule has 0 aliphatic carbocycles. The van der Waals surface area contributed by atoms with E-state index in [0.717, 1.165) is 5.57 Å². The third-order valence-corrected chi connectivity index (χ3v) is 2.31. The lowest BCUT2D eigenvalue weighted by molar-refractivity contribution is -0.203. The molecule has 0 aromatic rings. The van der Waals surface area contributed by atoms with Crippen LogP contribution in [0.3, 0.4) is 0 Å². The molecule has 0 N–H and O–H groups in total. The molecule has 1 saturated heterocycles. The molecule has 0 radical (unpaired) electrons. The largest absolute Gasteiger partial charge is 0.462 e. The maximum absolute atomic E-state index is 10.6. The Balaban J connectivity index is 2.38. The van der Waals surface area contributed by atoms with Gasteiger partial charge >= 0.3 is 5.97 Å². The Morgan fingerprint density at radius 2 is 1.94 bits per heavy atom. The zero-order valence-corrected chi connectivity index (χ0v) is 10.4. The molecular formula is C12H20O4. The number of carbonyl (C=O) groups is 1. The van der Waals surface area contributed by atoms with Gasteiger partial charge in [0.1, 0.15) is 6.61 Å². The Labute approximate surface area is 96.6 Å². The third-order valence-electron chi connectivity index (χ3n) is 2.31. The van der Waals surface area contributed by atoms with E-state index in [1.807, 2.05) is 13.0 Å². The van der Waals surface area contributed by atoms with Gasteiger partial charge in [0.15, 0.2) is 6.29 Å². The van der Waals surface area contributed by atoms with Crippen molar-refractivity contribution in [2.45, 2.75) is 34.0 Å². The van der Waals surface area contributed by atoms with Gasteiger partial charge in [0.05, 0.1) is 13.2 Å². The SMILES string of the molecule is CC(=O)OC/C=C(/C)C1OCC(C)(C)CO1. The topological polar surface area (TPSA) is 44.8 Å². The Morgan fingerprint density at radius 1 is 1.38 bits per heavy atom. The Morgan fingerprint density at radius 3 is 2.44 bits per heavy atom. The second kappa shape index (κ2) is 5.46. The lowest BCUT2D eigenvalue weighted by Crippen LogP contribution is -2.38. The van der Waals surface area contributed by atoms with Crippen LogP contribution in [0, 0.1) is 5.41 Å². The fourth-order valence-corrected chi connectivity index (χ4v) is 1.34. The molecule has 0 aromatic carbocycles. The smallest absolute Gasteiger partial charge is 0.302 e. The lowest BCUT2D eigenvalue weighted by Gasteiger charge is -2.34. The van der Waals surface area contributed by atoms with Crippen molar-refractivity contribution in [3.8, 4) is 0 Å². The molecule has 1 heterocycles. The van der Waals surface area contributed by atoms with Gasteiger partial charge in [-0.3, -0.25) is 4.79 Å². The molecule has 0 aromatic heterocycles. The van der Waals surface area contributed by atoms with Gasteiger partial charge in [-0.05, 0) is 18.6 Å². The van der Waals surface area contributed by atoms with Crippen molar-refractivity contribution in [1.82, 2.24) is 0 Å². The predicted octanol–water partition coefficient (Wildman–Crippen LogP) is 1.89. The van der Waals surface area contributed by atoms with Gasteiger partial charge in [-0.15, -0.1) is 0 Å². The fraction of sp³-hybridized carbons (Fsp3) is 0.750. The number of hydrogen-bond acceptors (Lipinski definition) is 4. The first-order chi connectivity index (χ1) is 7.41. The van der Waals surface area contributed by atoms with E-state index in [1.54, 1.807) is 0 Å². The number of esters is 1. The first-order valence-electron chi connectivity index (χ1n) is 5.44. The van der Waals surface area contributed by atoms with Crippen LogP contribution in [0.2, 0.25) is 0 Å². The fourth-order valence-electron chi connectivity index (χ4n) is 1.34. The van der Waals surface area contributed by atoms with Gasteiger partial charge in [0.2, 0.25) is 0 Å². The van der Waals surface area contributed by atoms with Crippen molar-refractivity contribution in [3.05, 3.63) is 11.6 Å². The Bertz CT molecular complexity index is 271. The van der Waals surface area contributed by atoms with E-state index in [9.17, 15) is 4.79 Å². The van der Waals surface area contributed by atoms with Crippen LogP contribution in [0.15, 0.2) is 11.6 Å². The average Bonchev–Trinajstić information content (AvgIpc) is 2.16. The molecule has 1 fully saturated rings. The van der Waals surface area contributed by atoms with Gasteiger partial charge in [0, 0.05) is 12.3 Å². The van der Waals surface area contributed by atoms with Crippen LogP contribution in [-0.4, -0.2) is 32.1 Å². The summed E-state index contributed by atoms with van der Waals surface area (Å²) in [5, 5.41) is 0. The van der Waals surface area contributed by atoms with E-state index in [1.165, 1.54) is 6.92 Å². The van der Waals surface area contributed by atoms with Gasteiger partial charge in [-0.25, -0.2) is 0 Å². The van der Waals surface area contributed by atoms with Crippen LogP contribution in [-0.2, 0) is 19.0 Å². The second-order valence-corrected chi connectivity index (χ2v) is 4.87. The molecule has 0 amide bonds. The van der Waals surface area contributed by atoms with E-state index in [4.69, 9.17) is 14.2 Å². The predicted molar refractivity (Wildman–Crippen MR) is 59.9 cm³/mol. The molecule has 0 unspecified atom stereocenters. The van der Waals surface area contributed by atoms with E-state index >= 15 is 0 Å². The standard InChI is InChI=1S/C12H20O4/c1-9(5-6-14-10(2)13)11-15-7-12(3,4)8-16-11/h5,11H,6-8H2,1-4H3/b9-5-. The van der Waals surface area contributed by atoms with E-state index in [2.05, 4.69) is 13.8 Å². The summed E-state index contributed by atoms with van der Waals surface area (Å²) in [5.74, 6) is -0.282. The summed E-state index contributed by atoms with van der Waals surface area (Å²) in [7, 11) is 0. The monoisotopic (exact) mass is 228 g/mol. The average molecular weight is 228 g/mol. The molecule has 92 valence electrons. The van der Waals surface area contributed by atoms with Crippen molar-refractivity contribution < 1.29 is 19.0 Å². The summed E-state index contributed by atoms with van der Waals surface area (Å²) in [6.07, 6.45) is 1.51. The summed E-state index contributed by atoms with van der Waals surface area (Å²) in [6, 6.07) is 0. The highest BCUT2D eigenvalue weighted by atomic mass is 16.7. The first kappa shape index (κ1) is 13.2. The molecular weight excluding hydrogens is 208 g/mol. The lowest BCUT2D eigenvalue weighted by atomic mass is 9.95. The molecule has 0 atom stereocenters. The molecule has 16 heavy (non-hydrogen) atoms. The third kappa shape index (κ3) is 4.33. The molecule has 0 saturated carbocycles. The van der Waals surface area contributed by atoms with Crippen LogP contribution >= 0.6 is 0 Å². The van der Waals surface area contributed by atoms with Crippen LogP contribution in [0.5, 0.6) is 0 Å². The van der Waals surface area contributed by atoms with Gasteiger partial charge in [-0.2, -0.15) is 0 Å². The molecule has 1 rings (SSSR count). The van der Waals surface area contributed by atoms with Crippen LogP contribution in [0.4, 0.5) is 0 Å². The van der Waals surface area contributed by atoms with E-state index in [0.29, 0.717) is 13.2 Å². The molecule has 1 aliphatic heterocycles. The zero-order valence-electron chi connectivity index (χ0n) is 10.4. The Hall–Kier alpha value is -0.870. The number of carbonyl (C=O) groups excluding carboxylic acids is 1. The van der Waals surface area contributed by atoms with E-state index in [-0.39, 0.29) is 24.3 Å². The van der Waals surface area contributed by atoms with Crippen LogP contribution < -0.4 is 0 Å². The summed E-state index contributed by atoms with van der Waals surface area (Å²) in [6.45, 7) is 9.12. The molecule has 1 aliphatic rings. The molecule has 4 heteroatoms. The van der Waals surface area contributed by atoms with Crippen LogP contribution in [0.1, 0.15) is 27.7 Å². The quantitative estimate of drug-likeness (QED) is 0.546. The highest BCUT2D eigenvalue weighted by Crippen LogP contribution is 2.25. The van der Waals surface area contributed by atoms with Gasteiger partial charge in [-0.1, -0.05) is 13.8 Å². The molecule has 0 spiro atoms. The zero-order chi connectivity index (χ0) is 12.2. The van der Waals surface area contributed by atoms with Crippen molar-refractivity contribution in [2.75, 3.05) is 19.8 Å². The number of ether oxygens (including phenoxy) is 3. The van der Waals surface area contributed by atoms with Crippen LogP contribution in [0.25, 0.3) is 0 Å². The van der Waals surface area contributed by atoms with Gasteiger partial charge < -0.3 is 14.2 Å². The number of hydrogen-bond donors (Lipinski definition) is 0. The summed E-state index contributed by atoms with van der Waals surface area (Å²) in [4.78, 5) is 10.6. The Kier molecular flexibility index (Phi) is 4.50. The first-order valence-corrected chi connectivity index (χ1v) is 5.44. The van der Waals surface area contributed by atoms with Gasteiger partial charge in [0.25, 0.3) is 0 Å². The normalized spacial score (nSPS) is 21.9. The maximum Gasteiger partial charge on any atom is 0.302 e. The minimum absolute atomic E-state index is 0.0761. The molecule has 0 bridgehead atoms. The minimum atomic E-state index is -0.302. The maximum atomic E-state index is 10.6. The van der Waals surface area contributed by atoms with Crippen molar-refractivity contribution in [1.29, 1.82) is 0 Å². The van der Waals surface area contributed by atoms with Crippen molar-refractivity contribution in [2.24, 2.45) is 5.41 Å². The molecule has 4 nitrogen and oxygen atoms in total. The summed E-state index contributed by atoms with van der Waals surface area (Å²) >= 11 is 0. The van der Waals surface area contributed by atoms with Crippen molar-refractivity contribution >= 4 is 5.97 Å². The highest BCUT2D eigenvalue weighted by molar-refractivity contribution is 5.66.